The van der Waals surface area contributed by atoms with E-state index in [4.69, 9.17) is 0 Å². The fourth-order valence-corrected chi connectivity index (χ4v) is 3.74. The largest absolute Gasteiger partial charge is 0.298 e. The molecule has 1 aromatic carbocycles. The van der Waals surface area contributed by atoms with Crippen molar-refractivity contribution in [1.29, 1.82) is 0 Å². The average Bonchev–Trinajstić information content (AvgIpc) is 2.87. The zero-order valence-corrected chi connectivity index (χ0v) is 13.8. The summed E-state index contributed by atoms with van der Waals surface area (Å²) in [6.07, 6.45) is 2.04. The van der Waals surface area contributed by atoms with E-state index in [2.05, 4.69) is 17.2 Å². The minimum absolute atomic E-state index is 0.0911. The van der Waals surface area contributed by atoms with E-state index < -0.39 is 0 Å². The van der Waals surface area contributed by atoms with Gasteiger partial charge in [0, 0.05) is 16.0 Å². The molecule has 20 heavy (non-hydrogen) atoms. The van der Waals surface area contributed by atoms with Crippen LogP contribution in [0.25, 0.3) is 0 Å². The van der Waals surface area contributed by atoms with Gasteiger partial charge in [0.05, 0.1) is 11.3 Å². The second-order valence-electron chi connectivity index (χ2n) is 3.96. The standard InChI is InChI=1S/C14H16N2OS3/c1-3-19-12-7-5-4-6-11(12)13(17)16-14-15-10(8-18-2)9-20-14/h4-7,9H,3,8H2,1-2H3,(H,15,16,17). The van der Waals surface area contributed by atoms with E-state index in [0.29, 0.717) is 10.7 Å². The van der Waals surface area contributed by atoms with Crippen LogP contribution in [0.15, 0.2) is 34.5 Å². The predicted octanol–water partition coefficient (Wildman–Crippen LogP) is 4.37. The summed E-state index contributed by atoms with van der Waals surface area (Å²) in [5, 5.41) is 5.53. The Balaban J connectivity index is 2.11. The first-order chi connectivity index (χ1) is 9.74. The lowest BCUT2D eigenvalue weighted by molar-refractivity contribution is 0.102. The minimum Gasteiger partial charge on any atom is -0.298 e. The molecule has 0 fully saturated rings. The summed E-state index contributed by atoms with van der Waals surface area (Å²) in [6.45, 7) is 2.08. The Morgan fingerprint density at radius 2 is 2.20 bits per heavy atom. The molecule has 1 amide bonds. The van der Waals surface area contributed by atoms with Crippen LogP contribution in [-0.2, 0) is 5.75 Å². The van der Waals surface area contributed by atoms with E-state index in [0.717, 1.165) is 22.1 Å². The molecule has 0 saturated carbocycles. The Bertz CT molecular complexity index is 583. The van der Waals surface area contributed by atoms with E-state index >= 15 is 0 Å². The Morgan fingerprint density at radius 1 is 1.40 bits per heavy atom. The van der Waals surface area contributed by atoms with E-state index in [1.807, 2.05) is 35.9 Å². The van der Waals surface area contributed by atoms with Gasteiger partial charge in [-0.1, -0.05) is 19.1 Å². The maximum atomic E-state index is 12.3. The maximum Gasteiger partial charge on any atom is 0.258 e. The van der Waals surface area contributed by atoms with Crippen LogP contribution in [0.3, 0.4) is 0 Å². The highest BCUT2D eigenvalue weighted by Gasteiger charge is 2.12. The van der Waals surface area contributed by atoms with Gasteiger partial charge in [0.2, 0.25) is 0 Å². The third kappa shape index (κ3) is 4.01. The first kappa shape index (κ1) is 15.4. The quantitative estimate of drug-likeness (QED) is 0.801. The number of carbonyl (C=O) groups is 1. The van der Waals surface area contributed by atoms with Gasteiger partial charge in [-0.05, 0) is 24.1 Å². The molecule has 0 atom stereocenters. The zero-order chi connectivity index (χ0) is 14.4. The number of aromatic nitrogens is 1. The van der Waals surface area contributed by atoms with Gasteiger partial charge < -0.3 is 0 Å². The van der Waals surface area contributed by atoms with Crippen molar-refractivity contribution in [2.24, 2.45) is 0 Å². The van der Waals surface area contributed by atoms with Crippen molar-refractivity contribution in [1.82, 2.24) is 4.98 Å². The zero-order valence-electron chi connectivity index (χ0n) is 11.4. The molecule has 6 heteroatoms. The maximum absolute atomic E-state index is 12.3. The number of hydrogen-bond acceptors (Lipinski definition) is 5. The van der Waals surface area contributed by atoms with Crippen LogP contribution in [-0.4, -0.2) is 22.9 Å². The molecule has 1 aromatic heterocycles. The molecular weight excluding hydrogens is 308 g/mol. The molecule has 2 rings (SSSR count). The Hall–Kier alpha value is -0.980. The molecule has 0 radical (unpaired) electrons. The number of nitrogens with one attached hydrogen (secondary N) is 1. The average molecular weight is 324 g/mol. The van der Waals surface area contributed by atoms with Gasteiger partial charge >= 0.3 is 0 Å². The molecular formula is C14H16N2OS3. The van der Waals surface area contributed by atoms with Crippen LogP contribution >= 0.6 is 34.9 Å². The summed E-state index contributed by atoms with van der Waals surface area (Å²) in [7, 11) is 0. The first-order valence-corrected chi connectivity index (χ1v) is 9.47. The van der Waals surface area contributed by atoms with Crippen molar-refractivity contribution >= 4 is 45.9 Å². The lowest BCUT2D eigenvalue weighted by Crippen LogP contribution is -2.12. The highest BCUT2D eigenvalue weighted by atomic mass is 32.2. The summed E-state index contributed by atoms with van der Waals surface area (Å²) < 4.78 is 0. The summed E-state index contributed by atoms with van der Waals surface area (Å²) in [4.78, 5) is 17.7. The van der Waals surface area contributed by atoms with Crippen molar-refractivity contribution in [3.8, 4) is 0 Å². The van der Waals surface area contributed by atoms with Crippen molar-refractivity contribution < 1.29 is 4.79 Å². The van der Waals surface area contributed by atoms with E-state index in [1.54, 1.807) is 23.5 Å². The normalized spacial score (nSPS) is 10.5. The minimum atomic E-state index is -0.0911. The summed E-state index contributed by atoms with van der Waals surface area (Å²) in [5.74, 6) is 1.72. The van der Waals surface area contributed by atoms with Gasteiger partial charge in [0.25, 0.3) is 5.91 Å². The first-order valence-electron chi connectivity index (χ1n) is 6.21. The summed E-state index contributed by atoms with van der Waals surface area (Å²) >= 11 is 4.86. The number of benzene rings is 1. The van der Waals surface area contributed by atoms with Crippen LogP contribution in [0.1, 0.15) is 23.0 Å². The molecule has 0 bridgehead atoms. The smallest absolute Gasteiger partial charge is 0.258 e. The van der Waals surface area contributed by atoms with E-state index in [-0.39, 0.29) is 5.91 Å². The van der Waals surface area contributed by atoms with Gasteiger partial charge in [-0.25, -0.2) is 4.98 Å². The topological polar surface area (TPSA) is 42.0 Å². The summed E-state index contributed by atoms with van der Waals surface area (Å²) in [5.41, 5.74) is 1.72. The van der Waals surface area contributed by atoms with Crippen molar-refractivity contribution in [3.63, 3.8) is 0 Å². The number of anilines is 1. The molecule has 0 saturated heterocycles. The fraction of sp³-hybridized carbons (Fsp3) is 0.286. The SMILES string of the molecule is CCSc1ccccc1C(=O)Nc1nc(CSC)cs1. The van der Waals surface area contributed by atoms with Crippen LogP contribution in [0.2, 0.25) is 0 Å². The van der Waals surface area contributed by atoms with Crippen molar-refractivity contribution in [2.75, 3.05) is 17.3 Å². The van der Waals surface area contributed by atoms with Gasteiger partial charge in [-0.15, -0.1) is 23.1 Å². The number of rotatable bonds is 6. The second kappa shape index (κ2) is 7.71. The number of carbonyl (C=O) groups excluding carboxylic acids is 1. The van der Waals surface area contributed by atoms with Crippen LogP contribution in [0, 0.1) is 0 Å². The molecule has 1 heterocycles. The van der Waals surface area contributed by atoms with E-state index in [9.17, 15) is 4.79 Å². The Labute approximate surface area is 131 Å². The monoisotopic (exact) mass is 324 g/mol. The molecule has 1 N–H and O–H groups in total. The summed E-state index contributed by atoms with van der Waals surface area (Å²) in [6, 6.07) is 7.66. The molecule has 0 unspecified atom stereocenters. The number of thioether (sulfide) groups is 2. The molecule has 2 aromatic rings. The van der Waals surface area contributed by atoms with Gasteiger partial charge in [-0.3, -0.25) is 10.1 Å². The number of amides is 1. The molecule has 0 aliphatic heterocycles. The molecule has 3 nitrogen and oxygen atoms in total. The predicted molar refractivity (Wildman–Crippen MR) is 90.1 cm³/mol. The molecule has 106 valence electrons. The molecule has 0 aliphatic carbocycles. The Kier molecular flexibility index (Phi) is 5.94. The van der Waals surface area contributed by atoms with Crippen LogP contribution in [0.4, 0.5) is 5.13 Å². The van der Waals surface area contributed by atoms with Crippen molar-refractivity contribution in [2.45, 2.75) is 17.6 Å². The Morgan fingerprint density at radius 3 is 2.95 bits per heavy atom. The van der Waals surface area contributed by atoms with E-state index in [1.165, 1.54) is 11.3 Å². The number of thiazole rings is 1. The fourth-order valence-electron chi connectivity index (χ4n) is 1.68. The third-order valence-electron chi connectivity index (χ3n) is 2.50. The highest BCUT2D eigenvalue weighted by molar-refractivity contribution is 7.99. The molecule has 0 spiro atoms. The molecule has 0 aliphatic rings. The van der Waals surface area contributed by atoms with Gasteiger partial charge in [0.15, 0.2) is 5.13 Å². The van der Waals surface area contributed by atoms with Crippen LogP contribution < -0.4 is 5.32 Å². The lowest BCUT2D eigenvalue weighted by Gasteiger charge is -2.07. The second-order valence-corrected chi connectivity index (χ2v) is 6.99. The number of hydrogen-bond donors (Lipinski definition) is 1. The highest BCUT2D eigenvalue weighted by Crippen LogP contribution is 2.24. The lowest BCUT2D eigenvalue weighted by atomic mass is 10.2. The van der Waals surface area contributed by atoms with Gasteiger partial charge in [-0.2, -0.15) is 11.8 Å². The third-order valence-corrected chi connectivity index (χ3v) is 4.84. The number of nitrogens with zero attached hydrogens (tertiary/aromatic N) is 1. The van der Waals surface area contributed by atoms with Crippen LogP contribution in [0.5, 0.6) is 0 Å². The van der Waals surface area contributed by atoms with Crippen molar-refractivity contribution in [3.05, 3.63) is 40.9 Å². The van der Waals surface area contributed by atoms with Gasteiger partial charge in [0.1, 0.15) is 0 Å².